The summed E-state index contributed by atoms with van der Waals surface area (Å²) >= 11 is 0. The van der Waals surface area contributed by atoms with E-state index in [1.54, 1.807) is 6.92 Å². The molecule has 16 heavy (non-hydrogen) atoms. The number of alkyl halides is 3. The van der Waals surface area contributed by atoms with Crippen molar-refractivity contribution in [2.45, 2.75) is 46.8 Å². The third-order valence-electron chi connectivity index (χ3n) is 1.81. The Bertz CT molecular complexity index is 226. The van der Waals surface area contributed by atoms with Gasteiger partial charge in [0.15, 0.2) is 0 Å². The highest BCUT2D eigenvalue weighted by atomic mass is 19.4. The molecule has 0 aliphatic carbocycles. The fourth-order valence-corrected chi connectivity index (χ4v) is 1.30. The summed E-state index contributed by atoms with van der Waals surface area (Å²) in [6, 6.07) is 0. The smallest absolute Gasteiger partial charge is 0.436 e. The number of hydrogen-bond donors (Lipinski definition) is 0. The number of esters is 1. The molecule has 0 radical (unpaired) electrons. The standard InChI is InChI=1S/C10H17F3O3/c1-6(2)5-7(3)9(14)15-8(4)16-10(11,12)13/h6-8H,5H2,1-4H3. The van der Waals surface area contributed by atoms with Crippen LogP contribution in [-0.2, 0) is 14.3 Å². The van der Waals surface area contributed by atoms with E-state index in [2.05, 4.69) is 9.47 Å². The van der Waals surface area contributed by atoms with E-state index in [0.717, 1.165) is 6.92 Å². The van der Waals surface area contributed by atoms with Gasteiger partial charge in [-0.15, -0.1) is 13.2 Å². The zero-order chi connectivity index (χ0) is 12.9. The van der Waals surface area contributed by atoms with E-state index in [-0.39, 0.29) is 5.92 Å². The third kappa shape index (κ3) is 7.50. The Morgan fingerprint density at radius 3 is 2.06 bits per heavy atom. The van der Waals surface area contributed by atoms with Crippen molar-refractivity contribution in [1.29, 1.82) is 0 Å². The number of hydrogen-bond acceptors (Lipinski definition) is 3. The van der Waals surface area contributed by atoms with Crippen molar-refractivity contribution >= 4 is 5.97 Å². The highest BCUT2D eigenvalue weighted by Gasteiger charge is 2.33. The molecule has 0 aliphatic heterocycles. The van der Waals surface area contributed by atoms with E-state index in [9.17, 15) is 18.0 Å². The number of carbonyl (C=O) groups is 1. The molecule has 96 valence electrons. The van der Waals surface area contributed by atoms with Crippen LogP contribution in [0.3, 0.4) is 0 Å². The lowest BCUT2D eigenvalue weighted by molar-refractivity contribution is -0.369. The molecule has 0 aromatic rings. The molecule has 2 atom stereocenters. The Balaban J connectivity index is 4.04. The van der Waals surface area contributed by atoms with Gasteiger partial charge in [-0.05, 0) is 19.3 Å². The summed E-state index contributed by atoms with van der Waals surface area (Å²) in [7, 11) is 0. The van der Waals surface area contributed by atoms with Crippen LogP contribution in [-0.4, -0.2) is 18.6 Å². The van der Waals surface area contributed by atoms with E-state index in [1.807, 2.05) is 13.8 Å². The molecule has 0 rings (SSSR count). The monoisotopic (exact) mass is 242 g/mol. The largest absolute Gasteiger partial charge is 0.525 e. The second-order valence-corrected chi connectivity index (χ2v) is 4.10. The molecule has 0 spiro atoms. The van der Waals surface area contributed by atoms with E-state index in [4.69, 9.17) is 0 Å². The van der Waals surface area contributed by atoms with Crippen molar-refractivity contribution < 1.29 is 27.4 Å². The molecule has 0 amide bonds. The second-order valence-electron chi connectivity index (χ2n) is 4.10. The molecule has 0 N–H and O–H groups in total. The predicted octanol–water partition coefficient (Wildman–Crippen LogP) is 3.09. The van der Waals surface area contributed by atoms with Crippen molar-refractivity contribution in [2.24, 2.45) is 11.8 Å². The summed E-state index contributed by atoms with van der Waals surface area (Å²) in [6.45, 7) is 6.48. The van der Waals surface area contributed by atoms with Gasteiger partial charge >= 0.3 is 12.3 Å². The lowest BCUT2D eigenvalue weighted by atomic mass is 9.99. The quantitative estimate of drug-likeness (QED) is 0.549. The first kappa shape index (κ1) is 15.2. The summed E-state index contributed by atoms with van der Waals surface area (Å²) in [4.78, 5) is 11.3. The van der Waals surface area contributed by atoms with Gasteiger partial charge < -0.3 is 4.74 Å². The topological polar surface area (TPSA) is 35.5 Å². The fraction of sp³-hybridized carbons (Fsp3) is 0.900. The molecular weight excluding hydrogens is 225 g/mol. The molecule has 0 aliphatic rings. The summed E-state index contributed by atoms with van der Waals surface area (Å²) < 4.78 is 43.3. The minimum Gasteiger partial charge on any atom is -0.436 e. The molecule has 0 saturated heterocycles. The lowest BCUT2D eigenvalue weighted by Gasteiger charge is -2.18. The van der Waals surface area contributed by atoms with E-state index in [1.165, 1.54) is 0 Å². The number of ether oxygens (including phenoxy) is 2. The predicted molar refractivity (Wildman–Crippen MR) is 51.3 cm³/mol. The second kappa shape index (κ2) is 6.08. The van der Waals surface area contributed by atoms with Gasteiger partial charge in [0.25, 0.3) is 0 Å². The van der Waals surface area contributed by atoms with E-state index in [0.29, 0.717) is 6.42 Å². The van der Waals surface area contributed by atoms with Crippen molar-refractivity contribution in [3.8, 4) is 0 Å². The molecule has 0 saturated carbocycles. The van der Waals surface area contributed by atoms with Crippen LogP contribution >= 0.6 is 0 Å². The molecule has 0 heterocycles. The average molecular weight is 242 g/mol. The molecule has 0 fully saturated rings. The minimum absolute atomic E-state index is 0.279. The molecule has 0 bridgehead atoms. The molecule has 0 aromatic carbocycles. The zero-order valence-corrected chi connectivity index (χ0v) is 9.80. The van der Waals surface area contributed by atoms with Crippen LogP contribution in [0.4, 0.5) is 13.2 Å². The zero-order valence-electron chi connectivity index (χ0n) is 9.80. The van der Waals surface area contributed by atoms with E-state index >= 15 is 0 Å². The van der Waals surface area contributed by atoms with Crippen molar-refractivity contribution in [3.63, 3.8) is 0 Å². The van der Waals surface area contributed by atoms with Gasteiger partial charge in [-0.3, -0.25) is 9.53 Å². The Labute approximate surface area is 92.9 Å². The molecular formula is C10H17F3O3. The summed E-state index contributed by atoms with van der Waals surface area (Å²) in [5, 5.41) is 0. The molecule has 6 heteroatoms. The Morgan fingerprint density at radius 1 is 1.19 bits per heavy atom. The summed E-state index contributed by atoms with van der Waals surface area (Å²) in [5.74, 6) is -0.828. The van der Waals surface area contributed by atoms with Gasteiger partial charge in [0.1, 0.15) is 0 Å². The van der Waals surface area contributed by atoms with Gasteiger partial charge in [0, 0.05) is 0 Å². The number of halogens is 3. The van der Waals surface area contributed by atoms with Crippen LogP contribution in [0.2, 0.25) is 0 Å². The van der Waals surface area contributed by atoms with Crippen LogP contribution in [0.5, 0.6) is 0 Å². The average Bonchev–Trinajstić information content (AvgIpc) is 1.98. The SMILES string of the molecule is CC(C)CC(C)C(=O)OC(C)OC(F)(F)F. The Morgan fingerprint density at radius 2 is 1.69 bits per heavy atom. The third-order valence-corrected chi connectivity index (χ3v) is 1.81. The number of carbonyl (C=O) groups excluding carboxylic acids is 1. The maximum atomic E-state index is 11.8. The lowest BCUT2D eigenvalue weighted by Crippen LogP contribution is -2.28. The van der Waals surface area contributed by atoms with Gasteiger partial charge in [-0.2, -0.15) is 0 Å². The van der Waals surface area contributed by atoms with Crippen LogP contribution in [0.25, 0.3) is 0 Å². The van der Waals surface area contributed by atoms with Crippen molar-refractivity contribution in [3.05, 3.63) is 0 Å². The van der Waals surface area contributed by atoms with Crippen molar-refractivity contribution in [2.75, 3.05) is 0 Å². The first-order valence-electron chi connectivity index (χ1n) is 5.07. The van der Waals surface area contributed by atoms with Crippen molar-refractivity contribution in [1.82, 2.24) is 0 Å². The summed E-state index contributed by atoms with van der Waals surface area (Å²) in [6.07, 6.45) is -5.83. The Hall–Kier alpha value is -0.780. The fourth-order valence-electron chi connectivity index (χ4n) is 1.30. The first-order valence-corrected chi connectivity index (χ1v) is 5.07. The van der Waals surface area contributed by atoms with Crippen LogP contribution < -0.4 is 0 Å². The molecule has 2 unspecified atom stereocenters. The summed E-state index contributed by atoms with van der Waals surface area (Å²) in [5.41, 5.74) is 0. The van der Waals surface area contributed by atoms with Gasteiger partial charge in [-0.1, -0.05) is 20.8 Å². The van der Waals surface area contributed by atoms with Crippen LogP contribution in [0.1, 0.15) is 34.1 Å². The van der Waals surface area contributed by atoms with Gasteiger partial charge in [0.05, 0.1) is 5.92 Å². The highest BCUT2D eigenvalue weighted by molar-refractivity contribution is 5.72. The van der Waals surface area contributed by atoms with Crippen LogP contribution in [0.15, 0.2) is 0 Å². The highest BCUT2D eigenvalue weighted by Crippen LogP contribution is 2.20. The maximum Gasteiger partial charge on any atom is 0.525 e. The minimum atomic E-state index is -4.79. The molecule has 3 nitrogen and oxygen atoms in total. The maximum absolute atomic E-state index is 11.8. The van der Waals surface area contributed by atoms with Crippen LogP contribution in [0, 0.1) is 11.8 Å². The first-order chi connectivity index (χ1) is 7.11. The normalized spacial score (nSPS) is 16.0. The Kier molecular flexibility index (Phi) is 5.78. The number of rotatable bonds is 5. The van der Waals surface area contributed by atoms with E-state index < -0.39 is 24.5 Å². The van der Waals surface area contributed by atoms with Gasteiger partial charge in [-0.25, -0.2) is 0 Å². The molecule has 0 aromatic heterocycles. The van der Waals surface area contributed by atoms with Gasteiger partial charge in [0.2, 0.25) is 6.29 Å².